The lowest BCUT2D eigenvalue weighted by atomic mass is 10.1. The number of aromatic amines is 1. The molecule has 0 saturated heterocycles. The average Bonchev–Trinajstić information content (AvgIpc) is 2.77. The zero-order chi connectivity index (χ0) is 22.7. The monoisotopic (exact) mass is 476 g/mol. The van der Waals surface area contributed by atoms with Gasteiger partial charge in [-0.1, -0.05) is 35.5 Å². The Kier molecular flexibility index (Phi) is 6.88. The maximum absolute atomic E-state index is 13.3. The molecule has 0 atom stereocenters. The van der Waals surface area contributed by atoms with Gasteiger partial charge in [0.1, 0.15) is 11.6 Å². The van der Waals surface area contributed by atoms with E-state index in [9.17, 15) is 18.4 Å². The summed E-state index contributed by atoms with van der Waals surface area (Å²) in [6.45, 7) is 1.76. The second-order valence-corrected chi connectivity index (χ2v) is 8.72. The number of rotatable bonds is 6. The molecule has 2 aromatic carbocycles. The lowest BCUT2D eigenvalue weighted by molar-refractivity contribution is -0.113. The number of carbonyl (C=O) groups is 1. The van der Waals surface area contributed by atoms with Gasteiger partial charge in [-0.25, -0.2) is 13.8 Å². The number of H-pyrrole nitrogens is 1. The first-order chi connectivity index (χ1) is 15.4. The molecule has 0 bridgehead atoms. The number of benzene rings is 2. The van der Waals surface area contributed by atoms with Gasteiger partial charge in [0, 0.05) is 26.1 Å². The van der Waals surface area contributed by atoms with Crippen LogP contribution in [0.3, 0.4) is 0 Å². The zero-order valence-corrected chi connectivity index (χ0v) is 18.4. The fraction of sp³-hybridized carbons (Fsp3) is 0.227. The number of fused-ring (bicyclic) bond motifs is 1. The molecule has 6 nitrogen and oxygen atoms in total. The van der Waals surface area contributed by atoms with E-state index in [1.165, 1.54) is 24.3 Å². The molecule has 0 unspecified atom stereocenters. The molecule has 1 aliphatic heterocycles. The molecule has 0 spiro atoms. The van der Waals surface area contributed by atoms with Gasteiger partial charge in [-0.2, -0.15) is 0 Å². The Labute approximate surface area is 192 Å². The molecule has 1 aliphatic rings. The standard InChI is InChI=1S/C22H19ClF2N4O2S/c23-17-6-5-15(25)9-19(17)26-20(30)12-32-22-27-18-7-8-29(11-16(18)21(31)28-22)10-13-1-3-14(24)4-2-13/h1-6,9H,7-8,10-12H2,(H,26,30)(H,27,28,31). The number of carbonyl (C=O) groups excluding carboxylic acids is 1. The van der Waals surface area contributed by atoms with E-state index in [-0.39, 0.29) is 27.8 Å². The molecule has 0 fully saturated rings. The van der Waals surface area contributed by atoms with E-state index in [4.69, 9.17) is 11.6 Å². The molecule has 1 amide bonds. The summed E-state index contributed by atoms with van der Waals surface area (Å²) in [5.74, 6) is -1.21. The van der Waals surface area contributed by atoms with Crippen molar-refractivity contribution in [3.63, 3.8) is 0 Å². The number of amides is 1. The van der Waals surface area contributed by atoms with Crippen molar-refractivity contribution in [1.82, 2.24) is 14.9 Å². The Morgan fingerprint density at radius 1 is 1.19 bits per heavy atom. The molecule has 166 valence electrons. The van der Waals surface area contributed by atoms with Crippen LogP contribution in [-0.4, -0.2) is 33.1 Å². The highest BCUT2D eigenvalue weighted by Gasteiger charge is 2.21. The summed E-state index contributed by atoms with van der Waals surface area (Å²) in [5.41, 5.74) is 2.22. The molecule has 10 heteroatoms. The normalized spacial score (nSPS) is 13.6. The maximum Gasteiger partial charge on any atom is 0.256 e. The highest BCUT2D eigenvalue weighted by molar-refractivity contribution is 7.99. The molecule has 32 heavy (non-hydrogen) atoms. The Bertz CT molecular complexity index is 1200. The summed E-state index contributed by atoms with van der Waals surface area (Å²) in [5, 5.41) is 3.13. The van der Waals surface area contributed by atoms with Crippen LogP contribution < -0.4 is 10.9 Å². The van der Waals surface area contributed by atoms with E-state index in [2.05, 4.69) is 20.2 Å². The highest BCUT2D eigenvalue weighted by atomic mass is 35.5. The third kappa shape index (κ3) is 5.53. The maximum atomic E-state index is 13.3. The molecule has 0 radical (unpaired) electrons. The first-order valence-electron chi connectivity index (χ1n) is 9.84. The summed E-state index contributed by atoms with van der Waals surface area (Å²) >= 11 is 7.04. The van der Waals surface area contributed by atoms with Crippen LogP contribution in [0.4, 0.5) is 14.5 Å². The van der Waals surface area contributed by atoms with E-state index >= 15 is 0 Å². The van der Waals surface area contributed by atoms with Gasteiger partial charge in [0.15, 0.2) is 5.16 Å². The second-order valence-electron chi connectivity index (χ2n) is 7.34. The van der Waals surface area contributed by atoms with E-state index in [0.717, 1.165) is 23.4 Å². The number of hydrogen-bond donors (Lipinski definition) is 2. The first-order valence-corrected chi connectivity index (χ1v) is 11.2. The van der Waals surface area contributed by atoms with Crippen LogP contribution in [0.15, 0.2) is 52.4 Å². The molecule has 0 saturated carbocycles. The number of nitrogens with zero attached hydrogens (tertiary/aromatic N) is 2. The van der Waals surface area contributed by atoms with Gasteiger partial charge < -0.3 is 10.3 Å². The molecule has 3 aromatic rings. The van der Waals surface area contributed by atoms with Crippen LogP contribution in [-0.2, 0) is 24.3 Å². The summed E-state index contributed by atoms with van der Waals surface area (Å²) in [6.07, 6.45) is 0.596. The van der Waals surface area contributed by atoms with Gasteiger partial charge in [-0.05, 0) is 35.9 Å². The Morgan fingerprint density at radius 2 is 1.94 bits per heavy atom. The molecule has 4 rings (SSSR count). The highest BCUT2D eigenvalue weighted by Crippen LogP contribution is 2.23. The van der Waals surface area contributed by atoms with Gasteiger partial charge in [0.05, 0.1) is 27.7 Å². The van der Waals surface area contributed by atoms with E-state index in [0.29, 0.717) is 42.5 Å². The van der Waals surface area contributed by atoms with Gasteiger partial charge in [-0.3, -0.25) is 14.5 Å². The number of anilines is 1. The fourth-order valence-corrected chi connectivity index (χ4v) is 4.27. The van der Waals surface area contributed by atoms with Crippen molar-refractivity contribution in [2.24, 2.45) is 0 Å². The van der Waals surface area contributed by atoms with Gasteiger partial charge in [0.25, 0.3) is 5.56 Å². The van der Waals surface area contributed by atoms with Crippen molar-refractivity contribution < 1.29 is 13.6 Å². The molecule has 0 aliphatic carbocycles. The molecule has 1 aromatic heterocycles. The van der Waals surface area contributed by atoms with Crippen molar-refractivity contribution in [2.75, 3.05) is 17.6 Å². The van der Waals surface area contributed by atoms with Gasteiger partial charge in [-0.15, -0.1) is 0 Å². The van der Waals surface area contributed by atoms with Gasteiger partial charge in [0.2, 0.25) is 5.91 Å². The number of halogens is 3. The largest absolute Gasteiger partial charge is 0.324 e. The molecule has 2 heterocycles. The average molecular weight is 477 g/mol. The second kappa shape index (κ2) is 9.81. The van der Waals surface area contributed by atoms with Crippen molar-refractivity contribution >= 4 is 35.0 Å². The SMILES string of the molecule is O=C(CSc1nc2c(c(=O)[nH]1)CN(Cc1ccc(F)cc1)CC2)Nc1cc(F)ccc1Cl. The van der Waals surface area contributed by atoms with E-state index in [1.807, 2.05) is 0 Å². The molecule has 2 N–H and O–H groups in total. The zero-order valence-electron chi connectivity index (χ0n) is 16.8. The third-order valence-electron chi connectivity index (χ3n) is 4.99. The number of hydrogen-bond acceptors (Lipinski definition) is 5. The van der Waals surface area contributed by atoms with E-state index < -0.39 is 11.7 Å². The minimum absolute atomic E-state index is 0.0226. The lowest BCUT2D eigenvalue weighted by Gasteiger charge is -2.27. The van der Waals surface area contributed by atoms with Crippen LogP contribution in [0, 0.1) is 11.6 Å². The summed E-state index contributed by atoms with van der Waals surface area (Å²) in [6, 6.07) is 10.0. The van der Waals surface area contributed by atoms with Crippen molar-refractivity contribution in [3.8, 4) is 0 Å². The van der Waals surface area contributed by atoms with E-state index in [1.54, 1.807) is 12.1 Å². The minimum Gasteiger partial charge on any atom is -0.324 e. The van der Waals surface area contributed by atoms with Crippen molar-refractivity contribution in [2.45, 2.75) is 24.7 Å². The Balaban J connectivity index is 1.37. The Morgan fingerprint density at radius 3 is 2.72 bits per heavy atom. The van der Waals surface area contributed by atoms with Gasteiger partial charge >= 0.3 is 0 Å². The van der Waals surface area contributed by atoms with Crippen LogP contribution >= 0.6 is 23.4 Å². The number of aromatic nitrogens is 2. The summed E-state index contributed by atoms with van der Waals surface area (Å²) in [4.78, 5) is 34.1. The lowest BCUT2D eigenvalue weighted by Crippen LogP contribution is -2.35. The van der Waals surface area contributed by atoms with Crippen molar-refractivity contribution in [3.05, 3.63) is 86.3 Å². The van der Waals surface area contributed by atoms with Crippen LogP contribution in [0.25, 0.3) is 0 Å². The summed E-state index contributed by atoms with van der Waals surface area (Å²) in [7, 11) is 0. The first kappa shape index (κ1) is 22.4. The van der Waals surface area contributed by atoms with Crippen LogP contribution in [0.5, 0.6) is 0 Å². The fourth-order valence-electron chi connectivity index (χ4n) is 3.42. The number of nitrogens with one attached hydrogen (secondary N) is 2. The molecular weight excluding hydrogens is 458 g/mol. The van der Waals surface area contributed by atoms with Crippen LogP contribution in [0.1, 0.15) is 16.8 Å². The molecular formula is C22H19ClF2N4O2S. The minimum atomic E-state index is -0.508. The van der Waals surface area contributed by atoms with Crippen molar-refractivity contribution in [1.29, 1.82) is 0 Å². The Hall–Kier alpha value is -2.75. The third-order valence-corrected chi connectivity index (χ3v) is 6.19. The summed E-state index contributed by atoms with van der Waals surface area (Å²) < 4.78 is 26.4. The quantitative estimate of drug-likeness (QED) is 0.415. The number of thioether (sulfide) groups is 1. The predicted molar refractivity (Wildman–Crippen MR) is 120 cm³/mol. The smallest absolute Gasteiger partial charge is 0.256 e. The topological polar surface area (TPSA) is 78.1 Å². The predicted octanol–water partition coefficient (Wildman–Crippen LogP) is 3.99. The van der Waals surface area contributed by atoms with Crippen LogP contribution in [0.2, 0.25) is 5.02 Å².